The summed E-state index contributed by atoms with van der Waals surface area (Å²) in [6.45, 7) is 2.19. The van der Waals surface area contributed by atoms with Crippen LogP contribution in [0, 0.1) is 0 Å². The Morgan fingerprint density at radius 1 is 1.08 bits per heavy atom. The summed E-state index contributed by atoms with van der Waals surface area (Å²) < 4.78 is 10.6. The van der Waals surface area contributed by atoms with E-state index in [9.17, 15) is 4.79 Å². The molecule has 0 heterocycles. The second-order valence-corrected chi connectivity index (χ2v) is 6.05. The zero-order chi connectivity index (χ0) is 17.5. The van der Waals surface area contributed by atoms with E-state index in [0.29, 0.717) is 22.4 Å². The first kappa shape index (κ1) is 18.4. The first-order chi connectivity index (χ1) is 11.5. The summed E-state index contributed by atoms with van der Waals surface area (Å²) >= 11 is 11.9. The summed E-state index contributed by atoms with van der Waals surface area (Å²) in [6, 6.07) is 12.4. The molecule has 128 valence electrons. The van der Waals surface area contributed by atoms with Crippen LogP contribution in [0.15, 0.2) is 42.5 Å². The Kier molecular flexibility index (Phi) is 6.76. The Hall–Kier alpha value is -1.91. The van der Waals surface area contributed by atoms with Crippen LogP contribution in [0.4, 0.5) is 0 Å². The van der Waals surface area contributed by atoms with E-state index < -0.39 is 0 Å². The first-order valence-electron chi connectivity index (χ1n) is 7.50. The molecule has 1 N–H and O–H groups in total. The Morgan fingerprint density at radius 3 is 2.38 bits per heavy atom. The van der Waals surface area contributed by atoms with Gasteiger partial charge in [0.05, 0.1) is 36.2 Å². The fraction of sp³-hybridized carbons (Fsp3) is 0.278. The molecule has 4 nitrogen and oxygen atoms in total. The summed E-state index contributed by atoms with van der Waals surface area (Å²) in [7, 11) is 1.61. The van der Waals surface area contributed by atoms with Crippen LogP contribution in [0.5, 0.6) is 11.5 Å². The van der Waals surface area contributed by atoms with Crippen LogP contribution in [0.2, 0.25) is 10.0 Å². The average Bonchev–Trinajstić information content (AvgIpc) is 2.58. The summed E-state index contributed by atoms with van der Waals surface area (Å²) in [6.07, 6.45) is 0.262. The van der Waals surface area contributed by atoms with Crippen LogP contribution in [0.3, 0.4) is 0 Å². The number of amides is 1. The Bertz CT molecular complexity index is 689. The van der Waals surface area contributed by atoms with E-state index in [4.69, 9.17) is 32.7 Å². The molecule has 2 aromatic carbocycles. The fourth-order valence-electron chi connectivity index (χ4n) is 2.11. The maximum absolute atomic E-state index is 12.0. The van der Waals surface area contributed by atoms with Crippen LogP contribution >= 0.6 is 23.2 Å². The molecule has 1 atom stereocenters. The monoisotopic (exact) mass is 367 g/mol. The van der Waals surface area contributed by atoms with E-state index in [2.05, 4.69) is 5.32 Å². The number of carbonyl (C=O) groups is 1. The smallest absolute Gasteiger partial charge is 0.223 e. The summed E-state index contributed by atoms with van der Waals surface area (Å²) in [5.74, 6) is 1.36. The highest BCUT2D eigenvalue weighted by molar-refractivity contribution is 6.42. The lowest BCUT2D eigenvalue weighted by molar-refractivity contribution is -0.122. The quantitative estimate of drug-likeness (QED) is 0.774. The van der Waals surface area contributed by atoms with Gasteiger partial charge in [-0.05, 0) is 48.9 Å². The number of hydrogen-bond donors (Lipinski definition) is 1. The van der Waals surface area contributed by atoms with Gasteiger partial charge in [0.25, 0.3) is 0 Å². The predicted molar refractivity (Wildman–Crippen MR) is 96.1 cm³/mol. The summed E-state index contributed by atoms with van der Waals surface area (Å²) in [5.41, 5.74) is 0.897. The molecule has 0 aliphatic rings. The molecule has 2 aromatic rings. The number of nitrogens with one attached hydrogen (secondary N) is 1. The van der Waals surface area contributed by atoms with Gasteiger partial charge in [0.15, 0.2) is 0 Å². The van der Waals surface area contributed by atoms with E-state index in [-0.39, 0.29) is 18.4 Å². The van der Waals surface area contributed by atoms with Gasteiger partial charge < -0.3 is 14.8 Å². The fourth-order valence-corrected chi connectivity index (χ4v) is 2.42. The van der Waals surface area contributed by atoms with Crippen LogP contribution in [0.1, 0.15) is 24.9 Å². The molecule has 6 heteroatoms. The third kappa shape index (κ3) is 5.32. The van der Waals surface area contributed by atoms with E-state index in [1.807, 2.05) is 25.1 Å². The second-order valence-electron chi connectivity index (χ2n) is 5.24. The lowest BCUT2D eigenvalue weighted by atomic mass is 10.1. The third-order valence-corrected chi connectivity index (χ3v) is 4.22. The number of benzene rings is 2. The van der Waals surface area contributed by atoms with Crippen molar-refractivity contribution in [3.05, 3.63) is 58.1 Å². The van der Waals surface area contributed by atoms with Gasteiger partial charge in [-0.2, -0.15) is 0 Å². The van der Waals surface area contributed by atoms with Gasteiger partial charge in [-0.3, -0.25) is 4.79 Å². The number of carbonyl (C=O) groups excluding carboxylic acids is 1. The molecule has 0 fully saturated rings. The molecule has 1 amide bonds. The molecular formula is C18H19Cl2NO3. The summed E-state index contributed by atoms with van der Waals surface area (Å²) in [5, 5.41) is 3.87. The maximum atomic E-state index is 12.0. The van der Waals surface area contributed by atoms with Crippen LogP contribution in [-0.2, 0) is 4.79 Å². The van der Waals surface area contributed by atoms with E-state index >= 15 is 0 Å². The number of ether oxygens (including phenoxy) is 2. The minimum absolute atomic E-state index is 0.0953. The summed E-state index contributed by atoms with van der Waals surface area (Å²) in [4.78, 5) is 12.0. The molecule has 24 heavy (non-hydrogen) atoms. The topological polar surface area (TPSA) is 47.6 Å². The van der Waals surface area contributed by atoms with Crippen molar-refractivity contribution >= 4 is 29.1 Å². The number of methoxy groups -OCH3 is 1. The Morgan fingerprint density at radius 2 is 1.75 bits per heavy atom. The molecule has 0 saturated carbocycles. The van der Waals surface area contributed by atoms with E-state index in [0.717, 1.165) is 11.3 Å². The normalized spacial score (nSPS) is 11.7. The van der Waals surface area contributed by atoms with Gasteiger partial charge in [-0.25, -0.2) is 0 Å². The third-order valence-electron chi connectivity index (χ3n) is 3.48. The van der Waals surface area contributed by atoms with Crippen molar-refractivity contribution in [2.45, 2.75) is 19.4 Å². The Labute approximate surface area is 151 Å². The Balaban J connectivity index is 1.78. The maximum Gasteiger partial charge on any atom is 0.223 e. The molecule has 0 spiro atoms. The van der Waals surface area contributed by atoms with E-state index in [1.54, 1.807) is 31.4 Å². The standard InChI is InChI=1S/C18H19Cl2NO3/c1-12(13-3-8-16(19)17(20)11-13)21-18(22)9-10-24-15-6-4-14(23-2)5-7-15/h3-8,11-12H,9-10H2,1-2H3,(H,21,22). The van der Waals surface area contributed by atoms with Crippen LogP contribution in [0.25, 0.3) is 0 Å². The molecule has 0 bridgehead atoms. The molecule has 0 aliphatic heterocycles. The molecular weight excluding hydrogens is 349 g/mol. The van der Waals surface area contributed by atoms with Crippen molar-refractivity contribution in [1.82, 2.24) is 5.32 Å². The second kappa shape index (κ2) is 8.81. The van der Waals surface area contributed by atoms with Gasteiger partial charge in [-0.15, -0.1) is 0 Å². The lowest BCUT2D eigenvalue weighted by Crippen LogP contribution is -2.27. The van der Waals surface area contributed by atoms with Crippen molar-refractivity contribution in [2.75, 3.05) is 13.7 Å². The van der Waals surface area contributed by atoms with Gasteiger partial charge in [-0.1, -0.05) is 29.3 Å². The number of hydrogen-bond acceptors (Lipinski definition) is 3. The highest BCUT2D eigenvalue weighted by Crippen LogP contribution is 2.25. The number of rotatable bonds is 7. The van der Waals surface area contributed by atoms with Crippen molar-refractivity contribution < 1.29 is 14.3 Å². The molecule has 0 aliphatic carbocycles. The molecule has 0 aromatic heterocycles. The van der Waals surface area contributed by atoms with Crippen LogP contribution < -0.4 is 14.8 Å². The van der Waals surface area contributed by atoms with Gasteiger partial charge in [0, 0.05) is 0 Å². The van der Waals surface area contributed by atoms with E-state index in [1.165, 1.54) is 0 Å². The molecule has 2 rings (SSSR count). The van der Waals surface area contributed by atoms with Gasteiger partial charge in [0.1, 0.15) is 11.5 Å². The highest BCUT2D eigenvalue weighted by atomic mass is 35.5. The molecule has 0 saturated heterocycles. The lowest BCUT2D eigenvalue weighted by Gasteiger charge is -2.15. The molecule has 1 unspecified atom stereocenters. The largest absolute Gasteiger partial charge is 0.497 e. The van der Waals surface area contributed by atoms with Gasteiger partial charge in [0.2, 0.25) is 5.91 Å². The van der Waals surface area contributed by atoms with Gasteiger partial charge >= 0.3 is 0 Å². The SMILES string of the molecule is COc1ccc(OCCC(=O)NC(C)c2ccc(Cl)c(Cl)c2)cc1. The van der Waals surface area contributed by atoms with Crippen molar-refractivity contribution in [3.8, 4) is 11.5 Å². The predicted octanol–water partition coefficient (Wildman–Crippen LogP) is 4.65. The minimum atomic E-state index is -0.159. The van der Waals surface area contributed by atoms with Crippen LogP contribution in [-0.4, -0.2) is 19.6 Å². The van der Waals surface area contributed by atoms with Crippen molar-refractivity contribution in [1.29, 1.82) is 0 Å². The zero-order valence-electron chi connectivity index (χ0n) is 13.5. The molecule has 0 radical (unpaired) electrons. The highest BCUT2D eigenvalue weighted by Gasteiger charge is 2.11. The first-order valence-corrected chi connectivity index (χ1v) is 8.26. The zero-order valence-corrected chi connectivity index (χ0v) is 15.0. The average molecular weight is 368 g/mol. The van der Waals surface area contributed by atoms with Crippen molar-refractivity contribution in [2.24, 2.45) is 0 Å². The minimum Gasteiger partial charge on any atom is -0.497 e. The number of halogens is 2. The van der Waals surface area contributed by atoms with Crippen molar-refractivity contribution in [3.63, 3.8) is 0 Å².